The Morgan fingerprint density at radius 3 is 1.42 bits per heavy atom. The molecule has 0 atom stereocenters. The predicted octanol–water partition coefficient (Wildman–Crippen LogP) is 3.94. The number of hydrogen-bond donors (Lipinski definition) is 2. The molecular weight excluding hydrogens is 228 g/mol. The predicted molar refractivity (Wildman–Crippen MR) is 69.7 cm³/mol. The first kappa shape index (κ1) is 15.4. The molecule has 0 unspecified atom stereocenters. The van der Waals surface area contributed by atoms with Crippen LogP contribution in [0.1, 0.15) is 27.7 Å². The molecular formula is C7H16OS4. The zero-order valence-electron chi connectivity index (χ0n) is 7.77. The monoisotopic (exact) mass is 244 g/mol. The summed E-state index contributed by atoms with van der Waals surface area (Å²) < 4.78 is -0.306. The molecule has 0 fully saturated rings. The zero-order chi connectivity index (χ0) is 10.1. The second kappa shape index (κ2) is 10.0. The Morgan fingerprint density at radius 1 is 1.17 bits per heavy atom. The smallest absolute Gasteiger partial charge is 0.214 e. The lowest BCUT2D eigenvalue weighted by Gasteiger charge is -2.04. The number of thiocarbonyl (C=S) groups is 1. The van der Waals surface area contributed by atoms with Gasteiger partial charge in [-0.25, -0.2) is 0 Å². The van der Waals surface area contributed by atoms with Gasteiger partial charge in [-0.3, -0.25) is 0 Å². The van der Waals surface area contributed by atoms with Crippen molar-refractivity contribution in [3.05, 3.63) is 0 Å². The minimum Gasteiger partial charge on any atom is -0.494 e. The van der Waals surface area contributed by atoms with Crippen LogP contribution in [-0.4, -0.2) is 20.0 Å². The van der Waals surface area contributed by atoms with E-state index in [-0.39, 0.29) is 4.38 Å². The second-order valence-electron chi connectivity index (χ2n) is 2.57. The maximum absolute atomic E-state index is 7.65. The number of hydrogen-bond acceptors (Lipinski definition) is 3. The highest BCUT2D eigenvalue weighted by molar-refractivity contribution is 8.77. The normalized spacial score (nSPS) is 9.58. The van der Waals surface area contributed by atoms with Crippen molar-refractivity contribution in [3.8, 4) is 0 Å². The summed E-state index contributed by atoms with van der Waals surface area (Å²) in [5, 5.41) is 9.18. The van der Waals surface area contributed by atoms with Gasteiger partial charge in [0.25, 0.3) is 0 Å². The Hall–Kier alpha value is 0.940. The van der Waals surface area contributed by atoms with Crippen LogP contribution in [0, 0.1) is 0 Å². The molecule has 0 rings (SSSR count). The highest BCUT2D eigenvalue weighted by Gasteiger charge is 1.96. The fourth-order valence-electron chi connectivity index (χ4n) is 0.222. The van der Waals surface area contributed by atoms with Crippen LogP contribution in [-0.2, 0) is 0 Å². The number of aliphatic hydroxyl groups excluding tert-OH is 1. The number of thiol groups is 1. The Kier molecular flexibility index (Phi) is 12.9. The molecule has 0 aromatic carbocycles. The summed E-state index contributed by atoms with van der Waals surface area (Å²) in [5.74, 6) is 0. The molecule has 0 aliphatic rings. The first-order valence-electron chi connectivity index (χ1n) is 3.60. The third kappa shape index (κ3) is 30.6. The van der Waals surface area contributed by atoms with E-state index in [0.29, 0.717) is 0 Å². The van der Waals surface area contributed by atoms with Crippen LogP contribution >= 0.6 is 46.4 Å². The van der Waals surface area contributed by atoms with Gasteiger partial charge in [-0.05, 0) is 12.2 Å². The van der Waals surface area contributed by atoms with E-state index in [1.807, 2.05) is 21.6 Å². The molecule has 0 amide bonds. The van der Waals surface area contributed by atoms with E-state index >= 15 is 0 Å². The van der Waals surface area contributed by atoms with Crippen LogP contribution in [0.25, 0.3) is 0 Å². The Labute approximate surface area is 93.9 Å². The molecule has 74 valence electrons. The average molecular weight is 244 g/mol. The number of rotatable bonds is 3. The summed E-state index contributed by atoms with van der Waals surface area (Å²) in [6.07, 6.45) is 0. The first-order valence-corrected chi connectivity index (χ1v) is 6.73. The van der Waals surface area contributed by atoms with Crippen LogP contribution < -0.4 is 0 Å². The van der Waals surface area contributed by atoms with Crippen LogP contribution in [0.5, 0.6) is 0 Å². The van der Waals surface area contributed by atoms with Crippen LogP contribution in [0.3, 0.4) is 0 Å². The summed E-state index contributed by atoms with van der Waals surface area (Å²) in [6, 6.07) is 0. The van der Waals surface area contributed by atoms with Crippen molar-refractivity contribution in [2.24, 2.45) is 0 Å². The molecule has 1 N–H and O–H groups in total. The molecule has 0 aromatic heterocycles. The van der Waals surface area contributed by atoms with Gasteiger partial charge in [-0.15, -0.1) is 0 Å². The maximum atomic E-state index is 7.65. The zero-order valence-corrected chi connectivity index (χ0v) is 11.1. The van der Waals surface area contributed by atoms with Gasteiger partial charge in [0, 0.05) is 10.5 Å². The molecule has 0 aliphatic carbocycles. The molecule has 0 aromatic rings. The summed E-state index contributed by atoms with van der Waals surface area (Å²) in [5.41, 5.74) is 0. The molecule has 0 bridgehead atoms. The number of aliphatic hydroxyl groups is 1. The van der Waals surface area contributed by atoms with Gasteiger partial charge < -0.3 is 5.11 Å². The Morgan fingerprint density at radius 2 is 1.33 bits per heavy atom. The maximum Gasteiger partial charge on any atom is 0.214 e. The Balaban J connectivity index is 0. The SMILES string of the molecule is CC(C)SSC(C)C.OC(=S)S. The molecule has 12 heavy (non-hydrogen) atoms. The second-order valence-corrected chi connectivity index (χ2v) is 7.11. The van der Waals surface area contributed by atoms with E-state index < -0.39 is 0 Å². The molecule has 0 heterocycles. The lowest BCUT2D eigenvalue weighted by atomic mass is 10.6. The molecule has 0 aliphatic heterocycles. The van der Waals surface area contributed by atoms with E-state index in [4.69, 9.17) is 5.11 Å². The fourth-order valence-corrected chi connectivity index (χ4v) is 2.00. The van der Waals surface area contributed by atoms with Crippen LogP contribution in [0.4, 0.5) is 0 Å². The van der Waals surface area contributed by atoms with Crippen LogP contribution in [0.2, 0.25) is 0 Å². The van der Waals surface area contributed by atoms with Gasteiger partial charge in [0.15, 0.2) is 0 Å². The largest absolute Gasteiger partial charge is 0.494 e. The van der Waals surface area contributed by atoms with Crippen molar-refractivity contribution in [3.63, 3.8) is 0 Å². The van der Waals surface area contributed by atoms with E-state index in [2.05, 4.69) is 52.5 Å². The standard InChI is InChI=1S/C6H14S2.CH2OS2/c1-5(2)7-8-6(3)4;2-1(3)4/h5-6H,1-4H3;(H2,2,3,4). The van der Waals surface area contributed by atoms with Gasteiger partial charge in [-0.2, -0.15) is 0 Å². The van der Waals surface area contributed by atoms with Crippen molar-refractivity contribution in [1.82, 2.24) is 0 Å². The molecule has 0 saturated heterocycles. The van der Waals surface area contributed by atoms with E-state index in [1.54, 1.807) is 0 Å². The van der Waals surface area contributed by atoms with Gasteiger partial charge in [0.1, 0.15) is 0 Å². The third-order valence-electron chi connectivity index (χ3n) is 0.440. The van der Waals surface area contributed by atoms with Gasteiger partial charge in [-0.1, -0.05) is 61.9 Å². The highest BCUT2D eigenvalue weighted by atomic mass is 33.1. The van der Waals surface area contributed by atoms with Gasteiger partial charge in [0.2, 0.25) is 4.38 Å². The first-order chi connectivity index (χ1) is 5.36. The highest BCUT2D eigenvalue weighted by Crippen LogP contribution is 2.29. The van der Waals surface area contributed by atoms with Crippen molar-refractivity contribution in [2.75, 3.05) is 0 Å². The minimum atomic E-state index is -0.306. The van der Waals surface area contributed by atoms with E-state index in [0.717, 1.165) is 10.5 Å². The van der Waals surface area contributed by atoms with Crippen molar-refractivity contribution in [2.45, 2.75) is 38.2 Å². The summed E-state index contributed by atoms with van der Waals surface area (Å²) in [4.78, 5) is 0. The molecule has 1 nitrogen and oxygen atoms in total. The summed E-state index contributed by atoms with van der Waals surface area (Å²) in [6.45, 7) is 8.89. The third-order valence-corrected chi connectivity index (χ3v) is 3.96. The van der Waals surface area contributed by atoms with Crippen LogP contribution in [0.15, 0.2) is 0 Å². The van der Waals surface area contributed by atoms with E-state index in [1.165, 1.54) is 0 Å². The Bertz CT molecular complexity index is 102. The molecule has 0 radical (unpaired) electrons. The molecule has 0 saturated carbocycles. The fraction of sp³-hybridized carbons (Fsp3) is 0.857. The van der Waals surface area contributed by atoms with Gasteiger partial charge in [0.05, 0.1) is 0 Å². The van der Waals surface area contributed by atoms with Crippen molar-refractivity contribution < 1.29 is 5.11 Å². The lowest BCUT2D eigenvalue weighted by Crippen LogP contribution is -1.86. The average Bonchev–Trinajstić information content (AvgIpc) is 1.82. The topological polar surface area (TPSA) is 20.2 Å². The quantitative estimate of drug-likeness (QED) is 0.445. The minimum absolute atomic E-state index is 0.306. The molecule has 0 spiro atoms. The van der Waals surface area contributed by atoms with E-state index in [9.17, 15) is 0 Å². The lowest BCUT2D eigenvalue weighted by molar-refractivity contribution is 0.586. The summed E-state index contributed by atoms with van der Waals surface area (Å²) >= 11 is 7.21. The van der Waals surface area contributed by atoms with Crippen molar-refractivity contribution in [1.29, 1.82) is 0 Å². The van der Waals surface area contributed by atoms with Gasteiger partial charge >= 0.3 is 0 Å². The molecule has 5 heteroatoms. The summed E-state index contributed by atoms with van der Waals surface area (Å²) in [7, 11) is 3.91. The van der Waals surface area contributed by atoms with Crippen molar-refractivity contribution >= 4 is 50.8 Å².